The second-order valence-corrected chi connectivity index (χ2v) is 5.44. The first kappa shape index (κ1) is 12.8. The highest BCUT2D eigenvalue weighted by molar-refractivity contribution is 5.39. The van der Waals surface area contributed by atoms with Gasteiger partial charge in [-0.05, 0) is 49.9 Å². The van der Waals surface area contributed by atoms with Crippen molar-refractivity contribution in [3.05, 3.63) is 23.3 Å². The number of hydrogen-bond donors (Lipinski definition) is 1. The molecule has 0 amide bonds. The third-order valence-corrected chi connectivity index (χ3v) is 4.61. The molecule has 0 radical (unpaired) electrons. The number of rotatable bonds is 3. The predicted molar refractivity (Wildman–Crippen MR) is 73.9 cm³/mol. The lowest BCUT2D eigenvalue weighted by molar-refractivity contribution is 0.253. The van der Waals surface area contributed by atoms with Gasteiger partial charge in [-0.15, -0.1) is 0 Å². The average Bonchev–Trinajstić information content (AvgIpc) is 2.37. The summed E-state index contributed by atoms with van der Waals surface area (Å²) < 4.78 is 0. The molecule has 0 aromatic rings. The standard InChI is InChI=1S/C15H26N2/c1-4-11-9-10-12-7-6-8-13(17(3)5-2)14(12)15(11)16/h6-7,11,13,15H,4-5,8-10,16H2,1-3H3. The third kappa shape index (κ3) is 2.34. The summed E-state index contributed by atoms with van der Waals surface area (Å²) in [6, 6.07) is 0.831. The fourth-order valence-electron chi connectivity index (χ4n) is 3.31. The van der Waals surface area contributed by atoms with E-state index < -0.39 is 0 Å². The zero-order chi connectivity index (χ0) is 12.4. The van der Waals surface area contributed by atoms with E-state index in [0.29, 0.717) is 12.0 Å². The van der Waals surface area contributed by atoms with Crippen molar-refractivity contribution in [3.63, 3.8) is 0 Å². The van der Waals surface area contributed by atoms with Gasteiger partial charge in [-0.3, -0.25) is 4.90 Å². The van der Waals surface area contributed by atoms with E-state index in [1.165, 1.54) is 30.4 Å². The van der Waals surface area contributed by atoms with Crippen molar-refractivity contribution < 1.29 is 0 Å². The van der Waals surface area contributed by atoms with Gasteiger partial charge < -0.3 is 5.73 Å². The van der Waals surface area contributed by atoms with Crippen molar-refractivity contribution >= 4 is 0 Å². The van der Waals surface area contributed by atoms with Gasteiger partial charge in [0.05, 0.1) is 0 Å². The Morgan fingerprint density at radius 3 is 2.82 bits per heavy atom. The highest BCUT2D eigenvalue weighted by Crippen LogP contribution is 2.37. The normalized spacial score (nSPS) is 33.1. The Morgan fingerprint density at radius 1 is 1.41 bits per heavy atom. The lowest BCUT2D eigenvalue weighted by Gasteiger charge is -2.41. The molecule has 96 valence electrons. The summed E-state index contributed by atoms with van der Waals surface area (Å²) >= 11 is 0. The minimum atomic E-state index is 0.285. The summed E-state index contributed by atoms with van der Waals surface area (Å²) in [6.45, 7) is 5.59. The van der Waals surface area contributed by atoms with Crippen molar-refractivity contribution in [3.8, 4) is 0 Å². The minimum Gasteiger partial charge on any atom is -0.324 e. The van der Waals surface area contributed by atoms with Crippen molar-refractivity contribution in [2.75, 3.05) is 13.6 Å². The lowest BCUT2D eigenvalue weighted by atomic mass is 9.73. The van der Waals surface area contributed by atoms with Crippen LogP contribution in [0.1, 0.15) is 39.5 Å². The maximum Gasteiger partial charge on any atom is 0.0360 e. The Labute approximate surface area is 106 Å². The summed E-state index contributed by atoms with van der Waals surface area (Å²) in [7, 11) is 2.22. The number of nitrogens with zero attached hydrogens (tertiary/aromatic N) is 1. The van der Waals surface area contributed by atoms with Crippen molar-refractivity contribution in [2.45, 2.75) is 51.6 Å². The van der Waals surface area contributed by atoms with E-state index in [-0.39, 0.29) is 6.04 Å². The quantitative estimate of drug-likeness (QED) is 0.813. The predicted octanol–water partition coefficient (Wildman–Crippen LogP) is 2.71. The number of hydrogen-bond acceptors (Lipinski definition) is 2. The molecule has 2 aliphatic carbocycles. The van der Waals surface area contributed by atoms with Gasteiger partial charge in [-0.1, -0.05) is 32.4 Å². The van der Waals surface area contributed by atoms with Crippen molar-refractivity contribution in [1.29, 1.82) is 0 Å². The number of likely N-dealkylation sites (N-methyl/N-ethyl adjacent to an activating group) is 1. The molecule has 0 saturated carbocycles. The molecule has 0 aromatic heterocycles. The monoisotopic (exact) mass is 234 g/mol. The molecule has 2 N–H and O–H groups in total. The molecule has 3 unspecified atom stereocenters. The topological polar surface area (TPSA) is 29.3 Å². The molecule has 3 atom stereocenters. The second kappa shape index (κ2) is 5.36. The zero-order valence-corrected chi connectivity index (χ0v) is 11.4. The molecular weight excluding hydrogens is 208 g/mol. The largest absolute Gasteiger partial charge is 0.324 e. The highest BCUT2D eigenvalue weighted by Gasteiger charge is 2.33. The van der Waals surface area contributed by atoms with E-state index in [4.69, 9.17) is 5.73 Å². The fraction of sp³-hybridized carbons (Fsp3) is 0.733. The summed E-state index contributed by atoms with van der Waals surface area (Å²) in [5.74, 6) is 0.688. The van der Waals surface area contributed by atoms with E-state index in [2.05, 4.69) is 37.9 Å². The molecule has 0 fully saturated rings. The maximum absolute atomic E-state index is 6.51. The van der Waals surface area contributed by atoms with Crippen LogP contribution in [0.4, 0.5) is 0 Å². The Morgan fingerprint density at radius 2 is 2.18 bits per heavy atom. The Bertz CT molecular complexity index is 330. The molecule has 0 bridgehead atoms. The first-order valence-corrected chi connectivity index (χ1v) is 7.04. The van der Waals surface area contributed by atoms with Crippen LogP contribution >= 0.6 is 0 Å². The molecule has 17 heavy (non-hydrogen) atoms. The van der Waals surface area contributed by atoms with Crippen LogP contribution in [0.25, 0.3) is 0 Å². The summed E-state index contributed by atoms with van der Waals surface area (Å²) in [4.78, 5) is 2.44. The van der Waals surface area contributed by atoms with Gasteiger partial charge >= 0.3 is 0 Å². The Hall–Kier alpha value is -0.600. The van der Waals surface area contributed by atoms with Crippen LogP contribution < -0.4 is 5.73 Å². The number of allylic oxidation sites excluding steroid dienone is 2. The van der Waals surface area contributed by atoms with Gasteiger partial charge in [0, 0.05) is 12.1 Å². The molecule has 0 heterocycles. The minimum absolute atomic E-state index is 0.285. The molecule has 2 aliphatic rings. The van der Waals surface area contributed by atoms with E-state index in [1.807, 2.05) is 0 Å². The van der Waals surface area contributed by atoms with Crippen LogP contribution in [0.15, 0.2) is 23.3 Å². The smallest absolute Gasteiger partial charge is 0.0360 e. The van der Waals surface area contributed by atoms with Gasteiger partial charge in [0.1, 0.15) is 0 Å². The SMILES string of the molecule is CCC1CCC2=C(C1N)C(N(C)CC)CC=C2. The summed E-state index contributed by atoms with van der Waals surface area (Å²) in [6.07, 6.45) is 9.49. The molecule has 0 aromatic carbocycles. The molecule has 2 rings (SSSR count). The maximum atomic E-state index is 6.51. The third-order valence-electron chi connectivity index (χ3n) is 4.61. The van der Waals surface area contributed by atoms with E-state index in [9.17, 15) is 0 Å². The van der Waals surface area contributed by atoms with Crippen LogP contribution in [0.5, 0.6) is 0 Å². The Balaban J connectivity index is 2.29. The molecule has 0 saturated heterocycles. The van der Waals surface area contributed by atoms with Crippen LogP contribution in [-0.2, 0) is 0 Å². The zero-order valence-electron chi connectivity index (χ0n) is 11.4. The molecule has 0 spiro atoms. The Kier molecular flexibility index (Phi) is 4.05. The number of nitrogens with two attached hydrogens (primary N) is 1. The first-order valence-electron chi connectivity index (χ1n) is 7.04. The van der Waals surface area contributed by atoms with E-state index >= 15 is 0 Å². The second-order valence-electron chi connectivity index (χ2n) is 5.44. The average molecular weight is 234 g/mol. The van der Waals surface area contributed by atoms with Crippen LogP contribution in [0.3, 0.4) is 0 Å². The van der Waals surface area contributed by atoms with Crippen molar-refractivity contribution in [1.82, 2.24) is 4.90 Å². The molecule has 2 heteroatoms. The summed E-state index contributed by atoms with van der Waals surface area (Å²) in [5, 5.41) is 0. The lowest BCUT2D eigenvalue weighted by Crippen LogP contribution is -2.46. The van der Waals surface area contributed by atoms with Gasteiger partial charge in [-0.25, -0.2) is 0 Å². The van der Waals surface area contributed by atoms with E-state index in [1.54, 1.807) is 0 Å². The molecule has 0 aliphatic heterocycles. The summed E-state index contributed by atoms with van der Waals surface area (Å²) in [5.41, 5.74) is 9.57. The molecular formula is C15H26N2. The van der Waals surface area contributed by atoms with Crippen LogP contribution in [0.2, 0.25) is 0 Å². The van der Waals surface area contributed by atoms with Gasteiger partial charge in [0.15, 0.2) is 0 Å². The first-order chi connectivity index (χ1) is 8.19. The van der Waals surface area contributed by atoms with Gasteiger partial charge in [0.25, 0.3) is 0 Å². The molecule has 2 nitrogen and oxygen atoms in total. The van der Waals surface area contributed by atoms with E-state index in [0.717, 1.165) is 13.0 Å². The highest BCUT2D eigenvalue weighted by atomic mass is 15.1. The van der Waals surface area contributed by atoms with Gasteiger partial charge in [0.2, 0.25) is 0 Å². The van der Waals surface area contributed by atoms with Crippen molar-refractivity contribution in [2.24, 2.45) is 11.7 Å². The van der Waals surface area contributed by atoms with Gasteiger partial charge in [-0.2, -0.15) is 0 Å². The van der Waals surface area contributed by atoms with Crippen LogP contribution in [0, 0.1) is 5.92 Å². The van der Waals surface area contributed by atoms with Crippen LogP contribution in [-0.4, -0.2) is 30.6 Å². The fourth-order valence-corrected chi connectivity index (χ4v) is 3.31.